The Hall–Kier alpha value is -3.76. The number of nitriles is 1. The Morgan fingerprint density at radius 3 is 2.41 bits per heavy atom. The molecule has 1 N–H and O–H groups in total. The summed E-state index contributed by atoms with van der Waals surface area (Å²) in [7, 11) is -2.43. The average molecular weight is 595 g/mol. The molecular weight excluding hydrogens is 576 g/mol. The monoisotopic (exact) mass is 594 g/mol. The van der Waals surface area contributed by atoms with E-state index in [0.29, 0.717) is 22.3 Å². The van der Waals surface area contributed by atoms with Gasteiger partial charge >= 0.3 is 0 Å². The first-order valence-electron chi connectivity index (χ1n) is 11.4. The maximum Gasteiger partial charge on any atom is 0.270 e. The van der Waals surface area contributed by atoms with Crippen molar-refractivity contribution in [3.63, 3.8) is 0 Å². The van der Waals surface area contributed by atoms with Gasteiger partial charge in [0.15, 0.2) is 5.16 Å². The van der Waals surface area contributed by atoms with Gasteiger partial charge in [-0.15, -0.1) is 22.7 Å². The Labute approximate surface area is 236 Å². The van der Waals surface area contributed by atoms with Crippen molar-refractivity contribution in [3.8, 4) is 26.4 Å². The fourth-order valence-electron chi connectivity index (χ4n) is 3.68. The largest absolute Gasteiger partial charge is 0.300 e. The predicted molar refractivity (Wildman–Crippen MR) is 154 cm³/mol. The van der Waals surface area contributed by atoms with Gasteiger partial charge in [0.25, 0.3) is 15.6 Å². The molecule has 0 aliphatic carbocycles. The van der Waals surface area contributed by atoms with Crippen LogP contribution >= 0.6 is 34.4 Å². The number of aromatic amines is 1. The van der Waals surface area contributed by atoms with E-state index in [-0.39, 0.29) is 10.5 Å². The van der Waals surface area contributed by atoms with E-state index in [1.54, 1.807) is 23.5 Å². The van der Waals surface area contributed by atoms with Crippen LogP contribution in [0.5, 0.6) is 0 Å². The third-order valence-electron chi connectivity index (χ3n) is 5.76. The van der Waals surface area contributed by atoms with Gasteiger partial charge in [-0.2, -0.15) is 5.26 Å². The fourth-order valence-corrected chi connectivity index (χ4v) is 7.53. The normalized spacial score (nSPS) is 11.3. The lowest BCUT2D eigenvalue weighted by Gasteiger charge is -2.19. The molecule has 0 fully saturated rings. The molecule has 0 radical (unpaired) electrons. The lowest BCUT2D eigenvalue weighted by Crippen LogP contribution is -2.26. The van der Waals surface area contributed by atoms with Crippen molar-refractivity contribution in [1.29, 1.82) is 5.26 Å². The molecule has 0 aliphatic rings. The van der Waals surface area contributed by atoms with Gasteiger partial charge in [0.05, 0.1) is 15.5 Å². The molecule has 2 aromatic carbocycles. The van der Waals surface area contributed by atoms with Crippen LogP contribution in [0.15, 0.2) is 93.0 Å². The molecule has 0 atom stereocenters. The molecule has 39 heavy (non-hydrogen) atoms. The van der Waals surface area contributed by atoms with Gasteiger partial charge in [0.2, 0.25) is 0 Å². The van der Waals surface area contributed by atoms with Crippen LogP contribution in [0.25, 0.3) is 20.3 Å². The van der Waals surface area contributed by atoms with Crippen LogP contribution in [0.3, 0.4) is 0 Å². The predicted octanol–water partition coefficient (Wildman–Crippen LogP) is 6.36. The van der Waals surface area contributed by atoms with E-state index in [9.17, 15) is 22.9 Å². The first-order chi connectivity index (χ1) is 18.8. The number of halogens is 1. The van der Waals surface area contributed by atoms with Crippen LogP contribution in [-0.2, 0) is 15.8 Å². The van der Waals surface area contributed by atoms with Gasteiger partial charge in [0, 0.05) is 22.6 Å². The smallest absolute Gasteiger partial charge is 0.270 e. The van der Waals surface area contributed by atoms with Gasteiger partial charge in [-0.05, 0) is 65.5 Å². The molecule has 3 aromatic heterocycles. The molecule has 196 valence electrons. The Morgan fingerprint density at radius 2 is 1.74 bits per heavy atom. The number of anilines is 1. The second kappa shape index (κ2) is 11.2. The highest BCUT2D eigenvalue weighted by atomic mass is 32.2. The number of thiophene rings is 2. The molecule has 0 amide bonds. The number of hydrogen-bond donors (Lipinski definition) is 1. The van der Waals surface area contributed by atoms with Crippen molar-refractivity contribution >= 4 is 50.1 Å². The highest BCUT2D eigenvalue weighted by molar-refractivity contribution is 7.98. The van der Waals surface area contributed by atoms with E-state index in [1.165, 1.54) is 66.5 Å². The summed E-state index contributed by atoms with van der Waals surface area (Å²) in [5.74, 6) is -0.0389. The topological polar surface area (TPSA) is 107 Å². The number of sulfonamides is 1. The summed E-state index contributed by atoms with van der Waals surface area (Å²) in [6, 6.07) is 21.3. The Bertz CT molecular complexity index is 1820. The van der Waals surface area contributed by atoms with Crippen LogP contribution < -0.4 is 9.86 Å². The molecule has 7 nitrogen and oxygen atoms in total. The Balaban J connectivity index is 1.34. The van der Waals surface area contributed by atoms with Crippen LogP contribution in [0.2, 0.25) is 0 Å². The average Bonchev–Trinajstić information content (AvgIpc) is 3.64. The lowest BCUT2D eigenvalue weighted by atomic mass is 10.2. The maximum atomic E-state index is 13.2. The van der Waals surface area contributed by atoms with Gasteiger partial charge in [-0.25, -0.2) is 17.8 Å². The number of rotatable bonds is 8. The maximum absolute atomic E-state index is 13.2. The SMILES string of the molecule is CN(c1ccc(F)cc1)S(=O)(=O)c1ccc(CSc2nc(-c3ccc(-c4cccs4)s3)c(C#N)c(=O)[nH]2)cc1. The van der Waals surface area contributed by atoms with E-state index in [4.69, 9.17) is 0 Å². The summed E-state index contributed by atoms with van der Waals surface area (Å²) in [6.45, 7) is 0. The molecular formula is C27H19FN4O3S4. The van der Waals surface area contributed by atoms with Crippen LogP contribution in [0.4, 0.5) is 10.1 Å². The van der Waals surface area contributed by atoms with Crippen molar-refractivity contribution in [1.82, 2.24) is 9.97 Å². The number of aromatic nitrogens is 2. The van der Waals surface area contributed by atoms with Crippen molar-refractivity contribution < 1.29 is 12.8 Å². The first kappa shape index (κ1) is 26.8. The minimum absolute atomic E-state index is 0.0428. The van der Waals surface area contributed by atoms with E-state index in [0.717, 1.165) is 24.5 Å². The van der Waals surface area contributed by atoms with Gasteiger partial charge in [-0.3, -0.25) is 9.10 Å². The zero-order valence-electron chi connectivity index (χ0n) is 20.3. The standard InChI is InChI=1S/C27H19FN4O3S4/c1-32(19-8-6-18(28)7-9-19)39(34,35)20-10-4-17(5-11-20)16-37-27-30-25(21(15-29)26(33)31-27)24-13-12-23(38-24)22-3-2-14-36-22/h2-14H,16H2,1H3,(H,30,31,33). The lowest BCUT2D eigenvalue weighted by molar-refractivity contribution is 0.594. The summed E-state index contributed by atoms with van der Waals surface area (Å²) >= 11 is 4.35. The molecule has 12 heteroatoms. The van der Waals surface area contributed by atoms with E-state index < -0.39 is 21.4 Å². The summed E-state index contributed by atoms with van der Waals surface area (Å²) in [4.78, 5) is 22.8. The molecule has 5 aromatic rings. The highest BCUT2D eigenvalue weighted by Gasteiger charge is 2.21. The van der Waals surface area contributed by atoms with Crippen molar-refractivity contribution in [2.45, 2.75) is 15.8 Å². The quantitative estimate of drug-likeness (QED) is 0.166. The second-order valence-electron chi connectivity index (χ2n) is 8.23. The van der Waals surface area contributed by atoms with Gasteiger partial charge < -0.3 is 4.98 Å². The third-order valence-corrected chi connectivity index (χ3v) is 10.7. The zero-order chi connectivity index (χ0) is 27.6. The molecule has 0 spiro atoms. The van der Waals surface area contributed by atoms with Gasteiger partial charge in [0.1, 0.15) is 23.1 Å². The number of hydrogen-bond acceptors (Lipinski definition) is 8. The zero-order valence-corrected chi connectivity index (χ0v) is 23.6. The van der Waals surface area contributed by atoms with E-state index >= 15 is 0 Å². The highest BCUT2D eigenvalue weighted by Crippen LogP contribution is 2.37. The number of thioether (sulfide) groups is 1. The first-order valence-corrected chi connectivity index (χ1v) is 15.5. The van der Waals surface area contributed by atoms with E-state index in [2.05, 4.69) is 9.97 Å². The van der Waals surface area contributed by atoms with Gasteiger partial charge in [-0.1, -0.05) is 30.0 Å². The molecule has 0 saturated carbocycles. The molecule has 0 bridgehead atoms. The van der Waals surface area contributed by atoms with E-state index in [1.807, 2.05) is 35.7 Å². The summed E-state index contributed by atoms with van der Waals surface area (Å²) in [5.41, 5.74) is 0.936. The number of benzene rings is 2. The molecule has 0 saturated heterocycles. The Morgan fingerprint density at radius 1 is 1.03 bits per heavy atom. The molecule has 0 aliphatic heterocycles. The van der Waals surface area contributed by atoms with Crippen molar-refractivity contribution in [2.75, 3.05) is 11.4 Å². The number of nitrogens with one attached hydrogen (secondary N) is 1. The number of nitrogens with zero attached hydrogens (tertiary/aromatic N) is 3. The van der Waals surface area contributed by atoms with Crippen LogP contribution in [0.1, 0.15) is 11.1 Å². The molecule has 0 unspecified atom stereocenters. The summed E-state index contributed by atoms with van der Waals surface area (Å²) in [6.07, 6.45) is 0. The number of H-pyrrole nitrogens is 1. The van der Waals surface area contributed by atoms with Crippen LogP contribution in [-0.4, -0.2) is 25.4 Å². The second-order valence-corrected chi connectivity index (χ2v) is 13.2. The minimum Gasteiger partial charge on any atom is -0.300 e. The molecule has 3 heterocycles. The third kappa shape index (κ3) is 5.67. The van der Waals surface area contributed by atoms with Crippen LogP contribution in [0, 0.1) is 17.1 Å². The summed E-state index contributed by atoms with van der Waals surface area (Å²) < 4.78 is 40.3. The fraction of sp³-hybridized carbons (Fsp3) is 0.0741. The summed E-state index contributed by atoms with van der Waals surface area (Å²) in [5, 5.41) is 11.9. The molecule has 5 rings (SSSR count). The Kier molecular flexibility index (Phi) is 7.67. The van der Waals surface area contributed by atoms with Crippen molar-refractivity contribution in [3.05, 3.63) is 105 Å². The minimum atomic E-state index is -3.84. The van der Waals surface area contributed by atoms with Crippen molar-refractivity contribution in [2.24, 2.45) is 0 Å².